The molecule has 0 spiro atoms. The van der Waals surface area contributed by atoms with Gasteiger partial charge in [0.05, 0.1) is 18.9 Å². The summed E-state index contributed by atoms with van der Waals surface area (Å²) >= 11 is 1.56. The largest absolute Gasteiger partial charge is 0.494 e. The van der Waals surface area contributed by atoms with E-state index in [9.17, 15) is 4.79 Å². The van der Waals surface area contributed by atoms with E-state index in [4.69, 9.17) is 9.15 Å². The van der Waals surface area contributed by atoms with Crippen LogP contribution in [-0.2, 0) is 0 Å². The van der Waals surface area contributed by atoms with Gasteiger partial charge in [-0.05, 0) is 80.8 Å². The molecule has 0 unspecified atom stereocenters. The lowest BCUT2D eigenvalue weighted by atomic mass is 9.96. The summed E-state index contributed by atoms with van der Waals surface area (Å²) in [7, 11) is 0. The lowest BCUT2D eigenvalue weighted by Gasteiger charge is -2.23. The van der Waals surface area contributed by atoms with E-state index in [0.29, 0.717) is 6.61 Å². The summed E-state index contributed by atoms with van der Waals surface area (Å²) in [5, 5.41) is 7.42. The number of nitrogens with one attached hydrogen (secondary N) is 2. The van der Waals surface area contributed by atoms with Crippen molar-refractivity contribution in [2.24, 2.45) is 0 Å². The number of amides is 1. The average molecular weight is 462 g/mol. The summed E-state index contributed by atoms with van der Waals surface area (Å²) in [6.07, 6.45) is 3.28. The highest BCUT2D eigenvalue weighted by molar-refractivity contribution is 7.16. The Hall–Kier alpha value is -3.58. The van der Waals surface area contributed by atoms with E-state index in [1.54, 1.807) is 29.7 Å². The molecule has 3 aromatic heterocycles. The SMILES string of the molecule is CCOc1ccc([C@H](Nc2cc(C)ccn2)c2c(NC(=O)c3ccco3)sc(C)c2C)cc1. The van der Waals surface area contributed by atoms with Crippen LogP contribution in [-0.4, -0.2) is 17.5 Å². The maximum absolute atomic E-state index is 12.8. The number of furan rings is 1. The number of carbonyl (C=O) groups is 1. The van der Waals surface area contributed by atoms with E-state index in [1.165, 1.54) is 6.26 Å². The average Bonchev–Trinajstić information content (AvgIpc) is 3.42. The molecule has 0 aliphatic carbocycles. The molecule has 1 aromatic carbocycles. The molecular formula is C26H27N3O3S. The number of carbonyl (C=O) groups excluding carboxylic acids is 1. The standard InChI is InChI=1S/C26H27N3O3S/c1-5-31-20-10-8-19(9-11-20)24(28-22-15-16(2)12-13-27-22)23-17(3)18(4)33-26(23)29-25(30)21-7-6-14-32-21/h6-15,24H,5H2,1-4H3,(H,27,28)(H,29,30)/t24-/m0/s1. The first-order chi connectivity index (χ1) is 16.0. The van der Waals surface area contributed by atoms with Crippen molar-refractivity contribution < 1.29 is 13.9 Å². The van der Waals surface area contributed by atoms with Crippen molar-refractivity contribution in [3.63, 3.8) is 0 Å². The Balaban J connectivity index is 1.77. The number of aryl methyl sites for hydroxylation is 2. The summed E-state index contributed by atoms with van der Waals surface area (Å²) in [5.74, 6) is 1.58. The molecule has 0 bridgehead atoms. The van der Waals surface area contributed by atoms with Crippen LogP contribution in [0.4, 0.5) is 10.8 Å². The normalized spacial score (nSPS) is 11.8. The zero-order valence-electron chi connectivity index (χ0n) is 19.1. The molecule has 3 heterocycles. The Morgan fingerprint density at radius 3 is 2.61 bits per heavy atom. The minimum absolute atomic E-state index is 0.230. The first-order valence-corrected chi connectivity index (χ1v) is 11.6. The molecule has 6 nitrogen and oxygen atoms in total. The zero-order valence-corrected chi connectivity index (χ0v) is 20.0. The molecule has 0 saturated carbocycles. The van der Waals surface area contributed by atoms with Gasteiger partial charge >= 0.3 is 0 Å². The number of benzene rings is 1. The predicted molar refractivity (Wildman–Crippen MR) is 133 cm³/mol. The number of hydrogen-bond acceptors (Lipinski definition) is 6. The molecule has 33 heavy (non-hydrogen) atoms. The third kappa shape index (κ3) is 5.09. The highest BCUT2D eigenvalue weighted by atomic mass is 32.1. The number of hydrogen-bond donors (Lipinski definition) is 2. The van der Waals surface area contributed by atoms with Gasteiger partial charge in [-0.15, -0.1) is 11.3 Å². The molecule has 1 amide bonds. The van der Waals surface area contributed by atoms with E-state index in [2.05, 4.69) is 29.5 Å². The third-order valence-corrected chi connectivity index (χ3v) is 6.56. The number of thiophene rings is 1. The molecule has 4 aromatic rings. The highest BCUT2D eigenvalue weighted by Crippen LogP contribution is 2.41. The molecule has 0 aliphatic heterocycles. The van der Waals surface area contributed by atoms with Crippen LogP contribution in [0.2, 0.25) is 0 Å². The summed E-state index contributed by atoms with van der Waals surface area (Å²) in [6.45, 7) is 8.75. The van der Waals surface area contributed by atoms with Gasteiger partial charge < -0.3 is 19.8 Å². The Morgan fingerprint density at radius 1 is 1.15 bits per heavy atom. The van der Waals surface area contributed by atoms with Gasteiger partial charge in [0, 0.05) is 16.6 Å². The topological polar surface area (TPSA) is 76.4 Å². The minimum atomic E-state index is -0.276. The number of ether oxygens (including phenoxy) is 1. The van der Waals surface area contributed by atoms with Crippen LogP contribution in [0.25, 0.3) is 0 Å². The van der Waals surface area contributed by atoms with Crippen molar-refractivity contribution in [1.29, 1.82) is 0 Å². The first-order valence-electron chi connectivity index (χ1n) is 10.8. The fourth-order valence-electron chi connectivity index (χ4n) is 3.67. The van der Waals surface area contributed by atoms with Crippen molar-refractivity contribution in [2.75, 3.05) is 17.2 Å². The maximum Gasteiger partial charge on any atom is 0.291 e. The van der Waals surface area contributed by atoms with Gasteiger partial charge in [-0.1, -0.05) is 12.1 Å². The Kier molecular flexibility index (Phi) is 6.79. The second kappa shape index (κ2) is 9.92. The number of rotatable bonds is 8. The lowest BCUT2D eigenvalue weighted by Crippen LogP contribution is -2.17. The molecule has 0 aliphatic rings. The van der Waals surface area contributed by atoms with Gasteiger partial charge in [-0.2, -0.15) is 0 Å². The third-order valence-electron chi connectivity index (χ3n) is 5.42. The van der Waals surface area contributed by atoms with E-state index in [-0.39, 0.29) is 17.7 Å². The highest BCUT2D eigenvalue weighted by Gasteiger charge is 2.25. The first kappa shape index (κ1) is 22.6. The molecular weight excluding hydrogens is 434 g/mol. The molecule has 170 valence electrons. The predicted octanol–water partition coefficient (Wildman–Crippen LogP) is 6.51. The summed E-state index contributed by atoms with van der Waals surface area (Å²) in [4.78, 5) is 18.4. The quantitative estimate of drug-likeness (QED) is 0.313. The van der Waals surface area contributed by atoms with Crippen LogP contribution >= 0.6 is 11.3 Å². The number of nitrogens with zero attached hydrogens (tertiary/aromatic N) is 1. The van der Waals surface area contributed by atoms with Crippen molar-refractivity contribution in [3.8, 4) is 5.75 Å². The van der Waals surface area contributed by atoms with Crippen LogP contribution in [0, 0.1) is 20.8 Å². The van der Waals surface area contributed by atoms with Gasteiger partial charge in [0.1, 0.15) is 16.6 Å². The van der Waals surface area contributed by atoms with E-state index in [1.807, 2.05) is 50.2 Å². The molecule has 2 N–H and O–H groups in total. The Morgan fingerprint density at radius 2 is 1.94 bits per heavy atom. The molecule has 0 saturated heterocycles. The van der Waals surface area contributed by atoms with Crippen LogP contribution in [0.3, 0.4) is 0 Å². The molecule has 0 fully saturated rings. The van der Waals surface area contributed by atoms with Gasteiger partial charge in [-0.3, -0.25) is 4.79 Å². The summed E-state index contributed by atoms with van der Waals surface area (Å²) < 4.78 is 10.9. The van der Waals surface area contributed by atoms with Gasteiger partial charge in [0.15, 0.2) is 5.76 Å². The number of aromatic nitrogens is 1. The Bertz CT molecular complexity index is 1230. The van der Waals surface area contributed by atoms with Crippen molar-refractivity contribution in [1.82, 2.24) is 4.98 Å². The fraction of sp³-hybridized carbons (Fsp3) is 0.231. The second-order valence-corrected chi connectivity index (χ2v) is 8.98. The fourth-order valence-corrected chi connectivity index (χ4v) is 4.76. The second-order valence-electron chi connectivity index (χ2n) is 7.76. The molecule has 0 radical (unpaired) electrons. The number of anilines is 2. The van der Waals surface area contributed by atoms with E-state index < -0.39 is 0 Å². The smallest absolute Gasteiger partial charge is 0.291 e. The lowest BCUT2D eigenvalue weighted by molar-refractivity contribution is 0.0997. The molecule has 7 heteroatoms. The summed E-state index contributed by atoms with van der Waals surface area (Å²) in [5.41, 5.74) is 4.28. The van der Waals surface area contributed by atoms with Crippen LogP contribution < -0.4 is 15.4 Å². The van der Waals surface area contributed by atoms with Crippen molar-refractivity contribution >= 4 is 28.1 Å². The minimum Gasteiger partial charge on any atom is -0.494 e. The summed E-state index contributed by atoms with van der Waals surface area (Å²) in [6, 6.07) is 15.1. The van der Waals surface area contributed by atoms with Crippen LogP contribution in [0.1, 0.15) is 50.7 Å². The zero-order chi connectivity index (χ0) is 23.4. The monoisotopic (exact) mass is 461 g/mol. The van der Waals surface area contributed by atoms with Crippen molar-refractivity contribution in [2.45, 2.75) is 33.7 Å². The van der Waals surface area contributed by atoms with Gasteiger partial charge in [0.25, 0.3) is 5.91 Å². The van der Waals surface area contributed by atoms with E-state index in [0.717, 1.165) is 43.7 Å². The van der Waals surface area contributed by atoms with Crippen molar-refractivity contribution in [3.05, 3.63) is 93.9 Å². The van der Waals surface area contributed by atoms with Crippen LogP contribution in [0.5, 0.6) is 5.75 Å². The maximum atomic E-state index is 12.8. The van der Waals surface area contributed by atoms with Gasteiger partial charge in [-0.25, -0.2) is 4.98 Å². The molecule has 1 atom stereocenters. The van der Waals surface area contributed by atoms with E-state index >= 15 is 0 Å². The molecule has 4 rings (SSSR count). The van der Waals surface area contributed by atoms with Crippen LogP contribution in [0.15, 0.2) is 65.4 Å². The van der Waals surface area contributed by atoms with Gasteiger partial charge in [0.2, 0.25) is 0 Å². The Labute approximate surface area is 197 Å². The number of pyridine rings is 1.